The van der Waals surface area contributed by atoms with Gasteiger partial charge >= 0.3 is 0 Å². The van der Waals surface area contributed by atoms with E-state index in [1.807, 2.05) is 85.3 Å². The van der Waals surface area contributed by atoms with Crippen molar-refractivity contribution in [2.45, 2.75) is 18.5 Å². The summed E-state index contributed by atoms with van der Waals surface area (Å²) in [6, 6.07) is 21.7. The molecule has 1 heterocycles. The number of nitrogens with zero attached hydrogens (tertiary/aromatic N) is 4. The minimum absolute atomic E-state index is 0.0108. The van der Waals surface area contributed by atoms with Crippen LogP contribution in [0.3, 0.4) is 0 Å². The van der Waals surface area contributed by atoms with E-state index < -0.39 is 0 Å². The van der Waals surface area contributed by atoms with Crippen molar-refractivity contribution in [2.24, 2.45) is 0 Å². The summed E-state index contributed by atoms with van der Waals surface area (Å²) in [7, 11) is 6.68. The smallest absolute Gasteiger partial charge is 0.232 e. The Morgan fingerprint density at radius 1 is 0.895 bits per heavy atom. The van der Waals surface area contributed by atoms with Crippen LogP contribution in [-0.2, 0) is 11.2 Å². The molecule has 0 aliphatic heterocycles. The van der Waals surface area contributed by atoms with E-state index in [-0.39, 0.29) is 11.7 Å². The number of carbonyl (C=O) groups is 1. The number of aryl methyl sites for hydroxylation is 1. The molecule has 0 aliphatic rings. The lowest BCUT2D eigenvalue weighted by molar-refractivity contribution is -0.127. The molecule has 1 aromatic heterocycles. The fourth-order valence-corrected chi connectivity index (χ4v) is 4.80. The summed E-state index contributed by atoms with van der Waals surface area (Å²) in [6.07, 6.45) is 0.701. The van der Waals surface area contributed by atoms with Gasteiger partial charge in [-0.3, -0.25) is 9.36 Å². The predicted molar refractivity (Wildman–Crippen MR) is 150 cm³/mol. The summed E-state index contributed by atoms with van der Waals surface area (Å²) in [5.74, 6) is 3.09. The molecule has 0 N–H and O–H groups in total. The largest absolute Gasteiger partial charge is 0.497 e. The van der Waals surface area contributed by atoms with Gasteiger partial charge in [0.05, 0.1) is 27.1 Å². The third kappa shape index (κ3) is 6.28. The molecule has 0 unspecified atom stereocenters. The summed E-state index contributed by atoms with van der Waals surface area (Å²) in [5, 5.41) is 9.57. The molecular weight excluding hydrogens is 500 g/mol. The number of hydrogen-bond acceptors (Lipinski definition) is 7. The Balaban J connectivity index is 1.48. The molecule has 0 spiro atoms. The Morgan fingerprint density at radius 2 is 1.61 bits per heavy atom. The topological polar surface area (TPSA) is 78.7 Å². The summed E-state index contributed by atoms with van der Waals surface area (Å²) in [6.45, 7) is 2.63. The van der Waals surface area contributed by atoms with Crippen LogP contribution in [0.5, 0.6) is 17.2 Å². The highest BCUT2D eigenvalue weighted by Crippen LogP contribution is 2.30. The van der Waals surface area contributed by atoms with E-state index in [0.29, 0.717) is 35.4 Å². The highest BCUT2D eigenvalue weighted by atomic mass is 32.2. The van der Waals surface area contributed by atoms with Gasteiger partial charge < -0.3 is 19.1 Å². The van der Waals surface area contributed by atoms with Gasteiger partial charge in [0.15, 0.2) is 22.5 Å². The van der Waals surface area contributed by atoms with E-state index >= 15 is 0 Å². The molecule has 0 atom stereocenters. The van der Waals surface area contributed by atoms with Crippen LogP contribution in [0.15, 0.2) is 71.9 Å². The predicted octanol–water partition coefficient (Wildman–Crippen LogP) is 5.06. The zero-order valence-electron chi connectivity index (χ0n) is 22.3. The van der Waals surface area contributed by atoms with Crippen molar-refractivity contribution in [3.63, 3.8) is 0 Å². The Hall–Kier alpha value is -3.98. The summed E-state index contributed by atoms with van der Waals surface area (Å²) in [5.41, 5.74) is 4.07. The molecule has 8 nitrogen and oxygen atoms in total. The maximum atomic E-state index is 13.0. The first-order valence-corrected chi connectivity index (χ1v) is 13.2. The Bertz CT molecular complexity index is 1370. The number of benzene rings is 3. The average Bonchev–Trinajstić information content (AvgIpc) is 3.38. The Morgan fingerprint density at radius 3 is 2.26 bits per heavy atom. The first kappa shape index (κ1) is 27.1. The number of rotatable bonds is 11. The number of amides is 1. The van der Waals surface area contributed by atoms with E-state index in [1.165, 1.54) is 17.3 Å². The Labute approximate surface area is 227 Å². The monoisotopic (exact) mass is 532 g/mol. The van der Waals surface area contributed by atoms with Crippen LogP contribution in [0.1, 0.15) is 11.1 Å². The molecule has 38 heavy (non-hydrogen) atoms. The van der Waals surface area contributed by atoms with Crippen molar-refractivity contribution < 1.29 is 19.0 Å². The first-order valence-electron chi connectivity index (χ1n) is 12.2. The molecule has 9 heteroatoms. The van der Waals surface area contributed by atoms with E-state index in [9.17, 15) is 4.79 Å². The number of ether oxygens (including phenoxy) is 3. The van der Waals surface area contributed by atoms with Crippen LogP contribution in [0.2, 0.25) is 0 Å². The third-order valence-electron chi connectivity index (χ3n) is 6.21. The van der Waals surface area contributed by atoms with Gasteiger partial charge in [0.2, 0.25) is 5.91 Å². The normalized spacial score (nSPS) is 10.8. The number of methoxy groups -OCH3 is 3. The van der Waals surface area contributed by atoms with E-state index in [1.54, 1.807) is 26.2 Å². The summed E-state index contributed by atoms with van der Waals surface area (Å²) < 4.78 is 18.0. The van der Waals surface area contributed by atoms with E-state index in [4.69, 9.17) is 14.2 Å². The number of aromatic nitrogens is 3. The molecule has 0 radical (unpaired) electrons. The van der Waals surface area contributed by atoms with Crippen LogP contribution < -0.4 is 14.2 Å². The van der Waals surface area contributed by atoms with Crippen molar-refractivity contribution in [2.75, 3.05) is 40.7 Å². The van der Waals surface area contributed by atoms with E-state index in [2.05, 4.69) is 10.2 Å². The van der Waals surface area contributed by atoms with Crippen molar-refractivity contribution in [3.8, 4) is 34.3 Å². The highest BCUT2D eigenvalue weighted by Gasteiger charge is 2.19. The molecule has 0 saturated carbocycles. The van der Waals surface area contributed by atoms with Gasteiger partial charge in [-0.1, -0.05) is 47.7 Å². The van der Waals surface area contributed by atoms with Gasteiger partial charge in [-0.05, 0) is 55.3 Å². The van der Waals surface area contributed by atoms with Gasteiger partial charge in [-0.25, -0.2) is 0 Å². The molecule has 0 fully saturated rings. The lowest BCUT2D eigenvalue weighted by Crippen LogP contribution is -2.30. The Kier molecular flexibility index (Phi) is 8.91. The zero-order valence-corrected chi connectivity index (χ0v) is 23.1. The second-order valence-electron chi connectivity index (χ2n) is 8.75. The van der Waals surface area contributed by atoms with Gasteiger partial charge in [0.1, 0.15) is 5.75 Å². The van der Waals surface area contributed by atoms with Crippen LogP contribution >= 0.6 is 11.8 Å². The molecule has 0 saturated heterocycles. The molecular formula is C29H32N4O4S. The molecule has 0 bridgehead atoms. The first-order chi connectivity index (χ1) is 18.4. The van der Waals surface area contributed by atoms with Crippen molar-refractivity contribution in [3.05, 3.63) is 77.9 Å². The number of thioether (sulfide) groups is 1. The minimum atomic E-state index is 0.0108. The molecule has 198 valence electrons. The third-order valence-corrected chi connectivity index (χ3v) is 7.12. The van der Waals surface area contributed by atoms with Gasteiger partial charge in [-0.15, -0.1) is 10.2 Å². The molecule has 3 aromatic carbocycles. The second-order valence-corrected chi connectivity index (χ2v) is 9.69. The van der Waals surface area contributed by atoms with Crippen LogP contribution in [0.4, 0.5) is 0 Å². The van der Waals surface area contributed by atoms with Crippen molar-refractivity contribution in [1.29, 1.82) is 0 Å². The lowest BCUT2D eigenvalue weighted by atomic mass is 10.1. The van der Waals surface area contributed by atoms with Gasteiger partial charge in [0.25, 0.3) is 0 Å². The zero-order chi connectivity index (χ0) is 27.1. The van der Waals surface area contributed by atoms with Gasteiger partial charge in [-0.2, -0.15) is 0 Å². The standard InChI is InChI=1S/C29H32N4O4S/c1-20-6-9-22(10-7-20)28-30-31-29(33(28)23-11-13-24(35-3)14-12-23)38-19-27(34)32(2)17-16-21-8-15-25(36-4)26(18-21)37-5/h6-15,18H,16-17,19H2,1-5H3. The number of carbonyl (C=O) groups excluding carboxylic acids is 1. The fraction of sp³-hybridized carbons (Fsp3) is 0.276. The average molecular weight is 533 g/mol. The SMILES string of the molecule is COc1ccc(-n2c(SCC(=O)N(C)CCc3ccc(OC)c(OC)c3)nnc2-c2ccc(C)cc2)cc1. The van der Waals surface area contributed by atoms with Crippen LogP contribution in [0.25, 0.3) is 17.1 Å². The number of hydrogen-bond donors (Lipinski definition) is 0. The lowest BCUT2D eigenvalue weighted by Gasteiger charge is -2.18. The fourth-order valence-electron chi connectivity index (χ4n) is 3.91. The van der Waals surface area contributed by atoms with Crippen molar-refractivity contribution in [1.82, 2.24) is 19.7 Å². The quantitative estimate of drug-likeness (QED) is 0.250. The van der Waals surface area contributed by atoms with Crippen LogP contribution in [0, 0.1) is 6.92 Å². The van der Waals surface area contributed by atoms with E-state index in [0.717, 1.165) is 22.6 Å². The highest BCUT2D eigenvalue weighted by molar-refractivity contribution is 7.99. The summed E-state index contributed by atoms with van der Waals surface area (Å²) >= 11 is 1.37. The summed E-state index contributed by atoms with van der Waals surface area (Å²) in [4.78, 5) is 14.7. The minimum Gasteiger partial charge on any atom is -0.497 e. The molecule has 4 aromatic rings. The van der Waals surface area contributed by atoms with Crippen molar-refractivity contribution >= 4 is 17.7 Å². The maximum absolute atomic E-state index is 13.0. The molecule has 0 aliphatic carbocycles. The maximum Gasteiger partial charge on any atom is 0.232 e. The van der Waals surface area contributed by atoms with Crippen LogP contribution in [-0.4, -0.2) is 66.2 Å². The second kappa shape index (κ2) is 12.5. The molecule has 4 rings (SSSR count). The van der Waals surface area contributed by atoms with Gasteiger partial charge in [0, 0.05) is 24.8 Å². The molecule has 1 amide bonds. The number of likely N-dealkylation sites (N-methyl/N-ethyl adjacent to an activating group) is 1.